The van der Waals surface area contributed by atoms with E-state index in [1.165, 1.54) is 0 Å². The van der Waals surface area contributed by atoms with Gasteiger partial charge in [-0.1, -0.05) is 36.7 Å². The number of benzene rings is 1. The summed E-state index contributed by atoms with van der Waals surface area (Å²) in [6.45, 7) is 1.71. The molecule has 0 spiro atoms. The summed E-state index contributed by atoms with van der Waals surface area (Å²) < 4.78 is 0. The average molecular weight is 245 g/mol. The topological polar surface area (TPSA) is 37.3 Å². The van der Waals surface area contributed by atoms with Crippen LogP contribution in [0.1, 0.15) is 12.5 Å². The number of thioether (sulfide) groups is 1. The molecule has 15 heavy (non-hydrogen) atoms. The van der Waals surface area contributed by atoms with E-state index < -0.39 is 5.97 Å². The molecule has 0 heterocycles. The fraction of sp³-hybridized carbons (Fsp3) is 0.364. The van der Waals surface area contributed by atoms with Gasteiger partial charge in [0, 0.05) is 16.5 Å². The van der Waals surface area contributed by atoms with Crippen molar-refractivity contribution in [3.8, 4) is 0 Å². The maximum Gasteiger partial charge on any atom is 0.307 e. The van der Waals surface area contributed by atoms with Gasteiger partial charge in [0.15, 0.2) is 0 Å². The van der Waals surface area contributed by atoms with Crippen molar-refractivity contribution >= 4 is 29.3 Å². The number of halogens is 1. The van der Waals surface area contributed by atoms with Gasteiger partial charge in [-0.3, -0.25) is 4.79 Å². The Kier molecular flexibility index (Phi) is 4.99. The lowest BCUT2D eigenvalue weighted by Gasteiger charge is -2.06. The molecule has 82 valence electrons. The van der Waals surface area contributed by atoms with Crippen molar-refractivity contribution in [1.29, 1.82) is 0 Å². The summed E-state index contributed by atoms with van der Waals surface area (Å²) in [6, 6.07) is 7.62. The van der Waals surface area contributed by atoms with Gasteiger partial charge in [-0.15, -0.1) is 0 Å². The molecule has 0 amide bonds. The highest BCUT2D eigenvalue weighted by Gasteiger charge is 2.10. The van der Waals surface area contributed by atoms with Crippen molar-refractivity contribution < 1.29 is 9.90 Å². The van der Waals surface area contributed by atoms with Crippen molar-refractivity contribution in [2.24, 2.45) is 5.92 Å². The highest BCUT2D eigenvalue weighted by Crippen LogP contribution is 2.21. The first-order valence-electron chi connectivity index (χ1n) is 4.65. The number of carbonyl (C=O) groups is 1. The van der Waals surface area contributed by atoms with E-state index in [4.69, 9.17) is 16.7 Å². The molecule has 0 aliphatic heterocycles. The number of hydrogen-bond donors (Lipinski definition) is 1. The lowest BCUT2D eigenvalue weighted by molar-refractivity contribution is -0.140. The Labute approximate surface area is 98.6 Å². The highest BCUT2D eigenvalue weighted by atomic mass is 35.5. The summed E-state index contributed by atoms with van der Waals surface area (Å²) >= 11 is 7.56. The number of aliphatic carboxylic acids is 1. The molecule has 4 heteroatoms. The summed E-state index contributed by atoms with van der Waals surface area (Å²) in [5.41, 5.74) is 1.06. The number of carboxylic acid groups (broad SMARTS) is 1. The van der Waals surface area contributed by atoms with E-state index in [2.05, 4.69) is 0 Å². The normalized spacial score (nSPS) is 12.4. The molecule has 1 aromatic rings. The van der Waals surface area contributed by atoms with Gasteiger partial charge in [-0.2, -0.15) is 11.8 Å². The van der Waals surface area contributed by atoms with Crippen LogP contribution in [-0.4, -0.2) is 16.8 Å². The molecule has 1 atom stereocenters. The zero-order chi connectivity index (χ0) is 11.3. The molecule has 0 bridgehead atoms. The fourth-order valence-corrected chi connectivity index (χ4v) is 2.40. The van der Waals surface area contributed by atoms with Crippen LogP contribution in [0, 0.1) is 5.92 Å². The van der Waals surface area contributed by atoms with Crippen LogP contribution in [0.4, 0.5) is 0 Å². The van der Waals surface area contributed by atoms with Crippen LogP contribution in [0.25, 0.3) is 0 Å². The monoisotopic (exact) mass is 244 g/mol. The number of carboxylic acids is 1. The third-order valence-electron chi connectivity index (χ3n) is 2.00. The van der Waals surface area contributed by atoms with E-state index in [0.29, 0.717) is 5.75 Å². The van der Waals surface area contributed by atoms with Gasteiger partial charge in [-0.25, -0.2) is 0 Å². The molecular formula is C11H13ClO2S. The first-order chi connectivity index (χ1) is 7.11. The van der Waals surface area contributed by atoms with Crippen LogP contribution in [0.15, 0.2) is 24.3 Å². The Balaban J connectivity index is 2.38. The van der Waals surface area contributed by atoms with Crippen molar-refractivity contribution in [1.82, 2.24) is 0 Å². The number of hydrogen-bond acceptors (Lipinski definition) is 2. The molecule has 0 radical (unpaired) electrons. The molecular weight excluding hydrogens is 232 g/mol. The van der Waals surface area contributed by atoms with Crippen molar-refractivity contribution in [3.05, 3.63) is 34.9 Å². The Morgan fingerprint density at radius 3 is 2.80 bits per heavy atom. The lowest BCUT2D eigenvalue weighted by atomic mass is 10.2. The Bertz CT molecular complexity index is 341. The van der Waals surface area contributed by atoms with Gasteiger partial charge in [0.1, 0.15) is 0 Å². The minimum atomic E-state index is -0.748. The van der Waals surface area contributed by atoms with Crippen molar-refractivity contribution in [2.75, 3.05) is 5.75 Å². The lowest BCUT2D eigenvalue weighted by Crippen LogP contribution is -2.11. The quantitative estimate of drug-likeness (QED) is 0.864. The zero-order valence-electron chi connectivity index (χ0n) is 8.44. The Hall–Kier alpha value is -0.670. The zero-order valence-corrected chi connectivity index (χ0v) is 10.0. The van der Waals surface area contributed by atoms with Crippen LogP contribution >= 0.6 is 23.4 Å². The fourth-order valence-electron chi connectivity index (χ4n) is 1.03. The van der Waals surface area contributed by atoms with Gasteiger partial charge < -0.3 is 5.11 Å². The molecule has 1 unspecified atom stereocenters. The van der Waals surface area contributed by atoms with E-state index in [1.807, 2.05) is 24.3 Å². The molecule has 1 rings (SSSR count). The van der Waals surface area contributed by atoms with Crippen LogP contribution in [0.3, 0.4) is 0 Å². The highest BCUT2D eigenvalue weighted by molar-refractivity contribution is 7.98. The first kappa shape index (κ1) is 12.4. The Morgan fingerprint density at radius 2 is 2.20 bits per heavy atom. The SMILES string of the molecule is CC(CSCc1ccccc1Cl)C(=O)O. The molecule has 0 saturated carbocycles. The van der Waals surface area contributed by atoms with Gasteiger partial charge >= 0.3 is 5.97 Å². The van der Waals surface area contributed by atoms with E-state index in [9.17, 15) is 4.79 Å². The molecule has 1 N–H and O–H groups in total. The third kappa shape index (κ3) is 4.14. The summed E-state index contributed by atoms with van der Waals surface area (Å²) in [5.74, 6) is 0.317. The molecule has 0 saturated heterocycles. The molecule has 1 aromatic carbocycles. The predicted molar refractivity (Wildman–Crippen MR) is 64.4 cm³/mol. The van der Waals surface area contributed by atoms with E-state index in [1.54, 1.807) is 18.7 Å². The van der Waals surface area contributed by atoms with E-state index >= 15 is 0 Å². The van der Waals surface area contributed by atoms with Gasteiger partial charge in [0.05, 0.1) is 5.92 Å². The first-order valence-corrected chi connectivity index (χ1v) is 6.18. The summed E-state index contributed by atoms with van der Waals surface area (Å²) in [6.07, 6.45) is 0. The smallest absolute Gasteiger partial charge is 0.307 e. The second kappa shape index (κ2) is 6.03. The van der Waals surface area contributed by atoms with Gasteiger partial charge in [0.2, 0.25) is 0 Å². The summed E-state index contributed by atoms with van der Waals surface area (Å²) in [7, 11) is 0. The van der Waals surface area contributed by atoms with E-state index in [0.717, 1.165) is 16.3 Å². The number of rotatable bonds is 5. The maximum atomic E-state index is 10.6. The summed E-state index contributed by atoms with van der Waals surface area (Å²) in [4.78, 5) is 10.6. The molecule has 0 fully saturated rings. The van der Waals surface area contributed by atoms with Crippen molar-refractivity contribution in [3.63, 3.8) is 0 Å². The van der Waals surface area contributed by atoms with Gasteiger partial charge in [0.25, 0.3) is 0 Å². The minimum Gasteiger partial charge on any atom is -0.481 e. The standard InChI is InChI=1S/C11H13ClO2S/c1-8(11(13)14)6-15-7-9-4-2-3-5-10(9)12/h2-5,8H,6-7H2,1H3,(H,13,14). The van der Waals surface area contributed by atoms with Crippen LogP contribution in [0.2, 0.25) is 5.02 Å². The van der Waals surface area contributed by atoms with Crippen LogP contribution in [0.5, 0.6) is 0 Å². The summed E-state index contributed by atoms with van der Waals surface area (Å²) in [5, 5.41) is 9.44. The predicted octanol–water partition coefficient (Wildman–Crippen LogP) is 3.29. The van der Waals surface area contributed by atoms with E-state index in [-0.39, 0.29) is 5.92 Å². The maximum absolute atomic E-state index is 10.6. The minimum absolute atomic E-state index is 0.308. The third-order valence-corrected chi connectivity index (χ3v) is 3.62. The average Bonchev–Trinajstić information content (AvgIpc) is 2.20. The molecule has 0 aromatic heterocycles. The largest absolute Gasteiger partial charge is 0.481 e. The second-order valence-corrected chi connectivity index (χ2v) is 4.78. The molecule has 2 nitrogen and oxygen atoms in total. The van der Waals surface area contributed by atoms with Crippen molar-refractivity contribution in [2.45, 2.75) is 12.7 Å². The molecule has 0 aliphatic carbocycles. The Morgan fingerprint density at radius 1 is 1.53 bits per heavy atom. The molecule has 0 aliphatic rings. The van der Waals surface area contributed by atoms with Crippen LogP contribution in [-0.2, 0) is 10.5 Å². The second-order valence-electron chi connectivity index (χ2n) is 3.35. The van der Waals surface area contributed by atoms with Gasteiger partial charge in [-0.05, 0) is 11.6 Å². The van der Waals surface area contributed by atoms with Crippen LogP contribution < -0.4 is 0 Å².